The molecule has 0 saturated heterocycles. The van der Waals surface area contributed by atoms with Crippen LogP contribution in [0.15, 0.2) is 67.0 Å². The molecule has 1 unspecified atom stereocenters. The van der Waals surface area contributed by atoms with E-state index in [1.165, 1.54) is 0 Å². The van der Waals surface area contributed by atoms with Crippen LogP contribution < -0.4 is 16.0 Å². The lowest BCUT2D eigenvalue weighted by atomic mass is 10.1. The van der Waals surface area contributed by atoms with E-state index in [1.54, 1.807) is 85.5 Å². The first kappa shape index (κ1) is 21.6. The smallest absolute Gasteiger partial charge is 0.411 e. The third-order valence-electron chi connectivity index (χ3n) is 4.34. The van der Waals surface area contributed by atoms with Crippen LogP contribution in [0.5, 0.6) is 0 Å². The topological polar surface area (TPSA) is 114 Å². The summed E-state index contributed by atoms with van der Waals surface area (Å²) >= 11 is 0. The van der Waals surface area contributed by atoms with E-state index < -0.39 is 12.1 Å². The number of hydrogen-bond donors (Lipinski definition) is 3. The quantitative estimate of drug-likeness (QED) is 0.535. The van der Waals surface area contributed by atoms with Gasteiger partial charge >= 0.3 is 6.09 Å². The van der Waals surface area contributed by atoms with Crippen LogP contribution in [0.1, 0.15) is 30.2 Å². The molecule has 1 heterocycles. The predicted molar refractivity (Wildman–Crippen MR) is 117 cm³/mol. The van der Waals surface area contributed by atoms with E-state index in [1.807, 2.05) is 0 Å². The Balaban J connectivity index is 1.64. The summed E-state index contributed by atoms with van der Waals surface area (Å²) < 4.78 is 6.39. The van der Waals surface area contributed by atoms with Crippen molar-refractivity contribution in [2.75, 3.05) is 22.6 Å². The van der Waals surface area contributed by atoms with Crippen molar-refractivity contribution in [3.05, 3.63) is 72.6 Å². The lowest BCUT2D eigenvalue weighted by Gasteiger charge is -2.14. The van der Waals surface area contributed by atoms with Gasteiger partial charge in [0.15, 0.2) is 0 Å². The fourth-order valence-electron chi connectivity index (χ4n) is 2.78. The van der Waals surface area contributed by atoms with Gasteiger partial charge in [0, 0.05) is 35.0 Å². The molecule has 1 aromatic heterocycles. The van der Waals surface area contributed by atoms with E-state index in [0.29, 0.717) is 22.6 Å². The third-order valence-corrected chi connectivity index (χ3v) is 4.34. The Kier molecular flexibility index (Phi) is 7.00. The molecule has 0 aliphatic carbocycles. The zero-order valence-corrected chi connectivity index (χ0v) is 17.2. The van der Waals surface area contributed by atoms with Crippen LogP contribution >= 0.6 is 0 Å². The second-order valence-electron chi connectivity index (χ2n) is 6.61. The summed E-state index contributed by atoms with van der Waals surface area (Å²) in [4.78, 5) is 36.6. The predicted octanol–water partition coefficient (Wildman–Crippen LogP) is 3.90. The number of benzene rings is 2. The normalized spacial score (nSPS) is 11.3. The molecule has 160 valence electrons. The SMILES string of the molecule is CCOC(=O)Nc1cccc(C(=O)Nc2cccc(NC(=O)C(C)n3cccn3)c2)c1. The van der Waals surface area contributed by atoms with Crippen molar-refractivity contribution in [1.29, 1.82) is 0 Å². The summed E-state index contributed by atoms with van der Waals surface area (Å²) in [6, 6.07) is 14.6. The second kappa shape index (κ2) is 10.1. The van der Waals surface area contributed by atoms with Gasteiger partial charge in [0.2, 0.25) is 5.91 Å². The summed E-state index contributed by atoms with van der Waals surface area (Å²) in [6.45, 7) is 3.70. The van der Waals surface area contributed by atoms with Crippen molar-refractivity contribution in [2.24, 2.45) is 0 Å². The van der Waals surface area contributed by atoms with E-state index in [9.17, 15) is 14.4 Å². The highest BCUT2D eigenvalue weighted by molar-refractivity contribution is 6.05. The van der Waals surface area contributed by atoms with Crippen LogP contribution in [0.4, 0.5) is 21.9 Å². The molecule has 9 heteroatoms. The number of aromatic nitrogens is 2. The van der Waals surface area contributed by atoms with Crippen molar-refractivity contribution in [2.45, 2.75) is 19.9 Å². The molecule has 1 atom stereocenters. The van der Waals surface area contributed by atoms with Crippen molar-refractivity contribution >= 4 is 35.0 Å². The fraction of sp³-hybridized carbons (Fsp3) is 0.182. The molecule has 3 aromatic rings. The van der Waals surface area contributed by atoms with E-state index in [4.69, 9.17) is 4.74 Å². The molecule has 31 heavy (non-hydrogen) atoms. The number of amides is 3. The van der Waals surface area contributed by atoms with Gasteiger partial charge < -0.3 is 15.4 Å². The minimum Gasteiger partial charge on any atom is -0.450 e. The zero-order valence-electron chi connectivity index (χ0n) is 17.2. The molecule has 3 N–H and O–H groups in total. The minimum absolute atomic E-state index is 0.232. The average Bonchev–Trinajstić information content (AvgIpc) is 3.28. The van der Waals surface area contributed by atoms with Crippen molar-refractivity contribution < 1.29 is 19.1 Å². The van der Waals surface area contributed by atoms with Gasteiger partial charge in [0.1, 0.15) is 6.04 Å². The maximum atomic E-state index is 12.6. The molecule has 2 aromatic carbocycles. The molecule has 9 nitrogen and oxygen atoms in total. The van der Waals surface area contributed by atoms with E-state index in [2.05, 4.69) is 21.0 Å². The number of ether oxygens (including phenoxy) is 1. The van der Waals surface area contributed by atoms with Crippen LogP contribution in [0, 0.1) is 0 Å². The lowest BCUT2D eigenvalue weighted by molar-refractivity contribution is -0.119. The van der Waals surface area contributed by atoms with Crippen LogP contribution in [-0.2, 0) is 9.53 Å². The van der Waals surface area contributed by atoms with Crippen molar-refractivity contribution in [3.63, 3.8) is 0 Å². The molecular formula is C22H23N5O4. The Morgan fingerprint density at radius 3 is 2.32 bits per heavy atom. The maximum Gasteiger partial charge on any atom is 0.411 e. The zero-order chi connectivity index (χ0) is 22.2. The van der Waals surface area contributed by atoms with Gasteiger partial charge in [0.05, 0.1) is 6.61 Å². The molecule has 0 aliphatic heterocycles. The minimum atomic E-state index is -0.590. The van der Waals surface area contributed by atoms with E-state index >= 15 is 0 Å². The molecule has 0 fully saturated rings. The molecule has 0 radical (unpaired) electrons. The highest BCUT2D eigenvalue weighted by atomic mass is 16.5. The maximum absolute atomic E-state index is 12.6. The molecule has 0 saturated carbocycles. The number of anilines is 3. The van der Waals surface area contributed by atoms with E-state index in [-0.39, 0.29) is 18.4 Å². The highest BCUT2D eigenvalue weighted by Gasteiger charge is 2.15. The molecule has 0 spiro atoms. The van der Waals surface area contributed by atoms with Crippen molar-refractivity contribution in [1.82, 2.24) is 9.78 Å². The number of nitrogens with one attached hydrogen (secondary N) is 3. The van der Waals surface area contributed by atoms with E-state index in [0.717, 1.165) is 0 Å². The van der Waals surface area contributed by atoms with Gasteiger partial charge in [-0.3, -0.25) is 19.6 Å². The van der Waals surface area contributed by atoms with Gasteiger partial charge in [-0.05, 0) is 56.3 Å². The standard InChI is InChI=1S/C22H23N5O4/c1-3-31-22(30)26-17-8-4-7-16(13-17)21(29)25-19-10-5-9-18(14-19)24-20(28)15(2)27-12-6-11-23-27/h4-15H,3H2,1-2H3,(H,24,28)(H,25,29)(H,26,30). The summed E-state index contributed by atoms with van der Waals surface area (Å²) in [6.07, 6.45) is 2.73. The Hall–Kier alpha value is -4.14. The first-order valence-electron chi connectivity index (χ1n) is 9.71. The molecule has 3 amide bonds. The number of carbonyl (C=O) groups excluding carboxylic acids is 3. The molecular weight excluding hydrogens is 398 g/mol. The largest absolute Gasteiger partial charge is 0.450 e. The van der Waals surface area contributed by atoms with Gasteiger partial charge in [0.25, 0.3) is 5.91 Å². The van der Waals surface area contributed by atoms with Crippen molar-refractivity contribution in [3.8, 4) is 0 Å². The monoisotopic (exact) mass is 421 g/mol. The molecule has 0 bridgehead atoms. The third kappa shape index (κ3) is 5.92. The van der Waals surface area contributed by atoms with Crippen LogP contribution in [0.3, 0.4) is 0 Å². The summed E-state index contributed by atoms with van der Waals surface area (Å²) in [7, 11) is 0. The van der Waals surface area contributed by atoms with Gasteiger partial charge in [-0.25, -0.2) is 4.79 Å². The first-order chi connectivity index (χ1) is 15.0. The van der Waals surface area contributed by atoms with Crippen LogP contribution in [-0.4, -0.2) is 34.3 Å². The molecule has 0 aliphatic rings. The highest BCUT2D eigenvalue weighted by Crippen LogP contribution is 2.19. The first-order valence-corrected chi connectivity index (χ1v) is 9.71. The number of hydrogen-bond acceptors (Lipinski definition) is 5. The second-order valence-corrected chi connectivity index (χ2v) is 6.61. The number of rotatable bonds is 7. The van der Waals surface area contributed by atoms with Gasteiger partial charge in [-0.1, -0.05) is 12.1 Å². The Bertz CT molecular complexity index is 1070. The van der Waals surface area contributed by atoms with Crippen LogP contribution in [0.25, 0.3) is 0 Å². The summed E-state index contributed by atoms with van der Waals surface area (Å²) in [5.74, 6) is -0.592. The van der Waals surface area contributed by atoms with Gasteiger partial charge in [-0.15, -0.1) is 0 Å². The van der Waals surface area contributed by atoms with Crippen LogP contribution in [0.2, 0.25) is 0 Å². The number of nitrogens with zero attached hydrogens (tertiary/aromatic N) is 2. The fourth-order valence-corrected chi connectivity index (χ4v) is 2.78. The number of carbonyl (C=O) groups is 3. The Labute approximate surface area is 179 Å². The lowest BCUT2D eigenvalue weighted by Crippen LogP contribution is -2.24. The Morgan fingerprint density at radius 1 is 0.968 bits per heavy atom. The molecule has 3 rings (SSSR count). The summed E-state index contributed by atoms with van der Waals surface area (Å²) in [5.41, 5.74) is 1.86. The Morgan fingerprint density at radius 2 is 1.65 bits per heavy atom. The average molecular weight is 421 g/mol. The summed E-state index contributed by atoms with van der Waals surface area (Å²) in [5, 5.41) is 12.2. The van der Waals surface area contributed by atoms with Gasteiger partial charge in [-0.2, -0.15) is 5.10 Å².